The van der Waals surface area contributed by atoms with Crippen molar-refractivity contribution in [2.45, 2.75) is 66.5 Å². The molecular weight excluding hydrogens is 246 g/mol. The van der Waals surface area contributed by atoms with Crippen molar-refractivity contribution in [1.29, 1.82) is 0 Å². The van der Waals surface area contributed by atoms with Crippen molar-refractivity contribution in [3.8, 4) is 0 Å². The Morgan fingerprint density at radius 1 is 1.10 bits per heavy atom. The summed E-state index contributed by atoms with van der Waals surface area (Å²) in [4.78, 5) is 4.72. The summed E-state index contributed by atoms with van der Waals surface area (Å²) in [6.45, 7) is 17.3. The van der Waals surface area contributed by atoms with Gasteiger partial charge >= 0.3 is 0 Å². The Balaban J connectivity index is 2.87. The van der Waals surface area contributed by atoms with Gasteiger partial charge in [-0.1, -0.05) is 27.7 Å². The van der Waals surface area contributed by atoms with Crippen LogP contribution in [-0.2, 0) is 6.54 Å². The zero-order chi connectivity index (χ0) is 15.3. The van der Waals surface area contributed by atoms with E-state index in [9.17, 15) is 0 Å². The maximum atomic E-state index is 4.72. The van der Waals surface area contributed by atoms with Gasteiger partial charge in [-0.2, -0.15) is 0 Å². The molecule has 0 atom stereocenters. The van der Waals surface area contributed by atoms with Crippen LogP contribution in [0.4, 0.5) is 5.82 Å². The van der Waals surface area contributed by atoms with Gasteiger partial charge < -0.3 is 10.6 Å². The Bertz CT molecular complexity index is 417. The lowest BCUT2D eigenvalue weighted by Gasteiger charge is -2.23. The van der Waals surface area contributed by atoms with Crippen LogP contribution in [0.3, 0.4) is 0 Å². The van der Waals surface area contributed by atoms with Gasteiger partial charge in [-0.15, -0.1) is 0 Å². The molecule has 1 rings (SSSR count). The summed E-state index contributed by atoms with van der Waals surface area (Å²) >= 11 is 0. The predicted molar refractivity (Wildman–Crippen MR) is 88.2 cm³/mol. The van der Waals surface area contributed by atoms with Gasteiger partial charge in [0, 0.05) is 17.8 Å². The van der Waals surface area contributed by atoms with Crippen LogP contribution in [-0.4, -0.2) is 17.1 Å². The van der Waals surface area contributed by atoms with Crippen molar-refractivity contribution in [2.75, 3.05) is 11.9 Å². The highest BCUT2D eigenvalue weighted by molar-refractivity contribution is 5.42. The molecule has 1 aromatic rings. The van der Waals surface area contributed by atoms with Crippen LogP contribution < -0.4 is 10.6 Å². The number of anilines is 1. The van der Waals surface area contributed by atoms with E-state index in [-0.39, 0.29) is 5.54 Å². The fraction of sp³-hybridized carbons (Fsp3) is 0.706. The predicted octanol–water partition coefficient (Wildman–Crippen LogP) is 4.16. The average Bonchev–Trinajstić information content (AvgIpc) is 2.25. The average molecular weight is 277 g/mol. The second-order valence-corrected chi connectivity index (χ2v) is 7.34. The lowest BCUT2D eigenvalue weighted by Crippen LogP contribution is -2.27. The molecule has 1 aromatic heterocycles. The zero-order valence-corrected chi connectivity index (χ0v) is 14.2. The normalized spacial score (nSPS) is 12.2. The van der Waals surface area contributed by atoms with Gasteiger partial charge in [0.15, 0.2) is 0 Å². The SMILES string of the molecule is CC(C)CNCc1cc(NC(C)(C)C)nc(C(C)C)c1. The van der Waals surface area contributed by atoms with E-state index >= 15 is 0 Å². The monoisotopic (exact) mass is 277 g/mol. The number of nitrogens with one attached hydrogen (secondary N) is 2. The maximum absolute atomic E-state index is 4.72. The second-order valence-electron chi connectivity index (χ2n) is 7.34. The number of aromatic nitrogens is 1. The van der Waals surface area contributed by atoms with Crippen molar-refractivity contribution in [3.05, 3.63) is 23.4 Å². The summed E-state index contributed by atoms with van der Waals surface area (Å²) in [5.41, 5.74) is 2.49. The van der Waals surface area contributed by atoms with Gasteiger partial charge in [0.25, 0.3) is 0 Å². The Morgan fingerprint density at radius 2 is 1.75 bits per heavy atom. The second kappa shape index (κ2) is 7.07. The van der Waals surface area contributed by atoms with Gasteiger partial charge in [-0.25, -0.2) is 4.98 Å². The highest BCUT2D eigenvalue weighted by atomic mass is 15.0. The number of nitrogens with zero attached hydrogens (tertiary/aromatic N) is 1. The van der Waals surface area contributed by atoms with E-state index in [4.69, 9.17) is 4.98 Å². The van der Waals surface area contributed by atoms with Gasteiger partial charge in [-0.3, -0.25) is 0 Å². The standard InChI is InChI=1S/C17H31N3/c1-12(2)10-18-11-14-8-15(13(3)4)19-16(9-14)20-17(5,6)7/h8-9,12-13,18H,10-11H2,1-7H3,(H,19,20). The lowest BCUT2D eigenvalue weighted by atomic mass is 10.1. The summed E-state index contributed by atoms with van der Waals surface area (Å²) in [5.74, 6) is 2.10. The van der Waals surface area contributed by atoms with Crippen LogP contribution in [0.2, 0.25) is 0 Å². The molecule has 0 aliphatic rings. The highest BCUT2D eigenvalue weighted by Gasteiger charge is 2.12. The fourth-order valence-corrected chi connectivity index (χ4v) is 1.96. The molecule has 0 amide bonds. The van der Waals surface area contributed by atoms with E-state index in [1.165, 1.54) is 5.56 Å². The molecule has 114 valence electrons. The molecule has 1 heterocycles. The third kappa shape index (κ3) is 6.38. The van der Waals surface area contributed by atoms with Crippen LogP contribution >= 0.6 is 0 Å². The zero-order valence-electron chi connectivity index (χ0n) is 14.2. The van der Waals surface area contributed by atoms with E-state index in [2.05, 4.69) is 71.2 Å². The number of hydrogen-bond donors (Lipinski definition) is 2. The summed E-state index contributed by atoms with van der Waals surface area (Å²) in [6, 6.07) is 4.37. The Morgan fingerprint density at radius 3 is 2.25 bits per heavy atom. The summed E-state index contributed by atoms with van der Waals surface area (Å²) < 4.78 is 0. The molecule has 0 bridgehead atoms. The van der Waals surface area contributed by atoms with E-state index in [1.54, 1.807) is 0 Å². The summed E-state index contributed by atoms with van der Waals surface area (Å²) in [7, 11) is 0. The third-order valence-corrected chi connectivity index (χ3v) is 2.88. The first kappa shape index (κ1) is 17.0. The molecule has 0 fully saturated rings. The van der Waals surface area contributed by atoms with Gasteiger partial charge in [0.2, 0.25) is 0 Å². The molecule has 0 aromatic carbocycles. The van der Waals surface area contributed by atoms with Crippen molar-refractivity contribution in [1.82, 2.24) is 10.3 Å². The van der Waals surface area contributed by atoms with Gasteiger partial charge in [0.1, 0.15) is 5.82 Å². The van der Waals surface area contributed by atoms with Crippen LogP contribution in [0.5, 0.6) is 0 Å². The number of rotatable bonds is 6. The van der Waals surface area contributed by atoms with Crippen LogP contribution in [0.1, 0.15) is 65.6 Å². The summed E-state index contributed by atoms with van der Waals surface area (Å²) in [6.07, 6.45) is 0. The Hall–Kier alpha value is -1.09. The van der Waals surface area contributed by atoms with Crippen LogP contribution in [0.15, 0.2) is 12.1 Å². The minimum absolute atomic E-state index is 0.0330. The molecule has 20 heavy (non-hydrogen) atoms. The van der Waals surface area contributed by atoms with E-state index in [0.29, 0.717) is 11.8 Å². The first-order valence-corrected chi connectivity index (χ1v) is 7.67. The molecule has 3 heteroatoms. The van der Waals surface area contributed by atoms with Crippen molar-refractivity contribution >= 4 is 5.82 Å². The first-order valence-electron chi connectivity index (χ1n) is 7.67. The minimum atomic E-state index is 0.0330. The molecule has 0 spiro atoms. The molecule has 0 aliphatic carbocycles. The summed E-state index contributed by atoms with van der Waals surface area (Å²) in [5, 5.41) is 6.98. The molecule has 0 radical (unpaired) electrons. The van der Waals surface area contributed by atoms with Crippen molar-refractivity contribution < 1.29 is 0 Å². The number of pyridine rings is 1. The van der Waals surface area contributed by atoms with Gasteiger partial charge in [0.05, 0.1) is 0 Å². The fourth-order valence-electron chi connectivity index (χ4n) is 1.96. The molecule has 0 aliphatic heterocycles. The van der Waals surface area contributed by atoms with Gasteiger partial charge in [-0.05, 0) is 56.8 Å². The number of hydrogen-bond acceptors (Lipinski definition) is 3. The minimum Gasteiger partial charge on any atom is -0.365 e. The van der Waals surface area contributed by atoms with Crippen molar-refractivity contribution in [2.24, 2.45) is 5.92 Å². The van der Waals surface area contributed by atoms with Crippen molar-refractivity contribution in [3.63, 3.8) is 0 Å². The maximum Gasteiger partial charge on any atom is 0.126 e. The first-order chi connectivity index (χ1) is 9.17. The smallest absolute Gasteiger partial charge is 0.126 e. The molecule has 0 unspecified atom stereocenters. The van der Waals surface area contributed by atoms with E-state index in [0.717, 1.165) is 24.6 Å². The quantitative estimate of drug-likeness (QED) is 0.819. The molecular formula is C17H31N3. The molecule has 0 saturated carbocycles. The third-order valence-electron chi connectivity index (χ3n) is 2.88. The van der Waals surface area contributed by atoms with E-state index in [1.807, 2.05) is 0 Å². The van der Waals surface area contributed by atoms with Crippen LogP contribution in [0.25, 0.3) is 0 Å². The Labute approximate surface area is 124 Å². The van der Waals surface area contributed by atoms with Crippen LogP contribution in [0, 0.1) is 5.92 Å². The molecule has 3 nitrogen and oxygen atoms in total. The lowest BCUT2D eigenvalue weighted by molar-refractivity contribution is 0.551. The largest absolute Gasteiger partial charge is 0.365 e. The van der Waals surface area contributed by atoms with E-state index < -0.39 is 0 Å². The topological polar surface area (TPSA) is 37.0 Å². The highest BCUT2D eigenvalue weighted by Crippen LogP contribution is 2.20. The molecule has 0 saturated heterocycles. The molecule has 2 N–H and O–H groups in total. The Kier molecular flexibility index (Phi) is 6.00.